The second-order valence-corrected chi connectivity index (χ2v) is 11.5. The molecule has 1 aliphatic carbocycles. The van der Waals surface area contributed by atoms with Gasteiger partial charge in [-0.25, -0.2) is 8.42 Å². The third-order valence-electron chi connectivity index (χ3n) is 5.97. The van der Waals surface area contributed by atoms with E-state index in [4.69, 9.17) is 15.2 Å². The zero-order chi connectivity index (χ0) is 22.8. The van der Waals surface area contributed by atoms with E-state index in [1.54, 1.807) is 39.0 Å². The summed E-state index contributed by atoms with van der Waals surface area (Å²) in [6, 6.07) is 4.34. The molecule has 2 aliphatic rings. The van der Waals surface area contributed by atoms with E-state index < -0.39 is 27.6 Å². The maximum atomic E-state index is 13.6. The van der Waals surface area contributed by atoms with Gasteiger partial charge in [-0.15, -0.1) is 0 Å². The predicted octanol–water partition coefficient (Wildman–Crippen LogP) is 3.39. The molecule has 2 fully saturated rings. The van der Waals surface area contributed by atoms with Crippen LogP contribution in [0.4, 0.5) is 0 Å². The van der Waals surface area contributed by atoms with Crippen molar-refractivity contribution in [3.63, 3.8) is 0 Å². The standard InChI is InChI=1S/C23H36N2O5S/c1-16-9-12-21(20(15-16)29-19-11-10-17(19)7-5-13-24)31(27,28)25-14-6-8-18(25)22(26)30-23(2,3)4/h9,12,15,17-19H,5-8,10-11,13-14,24H2,1-4H3/t17-,18-,19+/m0/s1. The Kier molecular flexibility index (Phi) is 7.33. The number of nitrogens with zero attached hydrogens (tertiary/aromatic N) is 1. The maximum absolute atomic E-state index is 13.6. The molecule has 0 amide bonds. The van der Waals surface area contributed by atoms with Crippen molar-refractivity contribution >= 4 is 16.0 Å². The van der Waals surface area contributed by atoms with Crippen molar-refractivity contribution in [1.29, 1.82) is 0 Å². The number of hydrogen-bond donors (Lipinski definition) is 1. The Morgan fingerprint density at radius 1 is 1.23 bits per heavy atom. The quantitative estimate of drug-likeness (QED) is 0.607. The fourth-order valence-corrected chi connectivity index (χ4v) is 6.00. The zero-order valence-electron chi connectivity index (χ0n) is 19.1. The van der Waals surface area contributed by atoms with Gasteiger partial charge in [0.15, 0.2) is 0 Å². The van der Waals surface area contributed by atoms with Crippen molar-refractivity contribution in [2.45, 2.75) is 88.9 Å². The first kappa shape index (κ1) is 24.0. The summed E-state index contributed by atoms with van der Waals surface area (Å²) >= 11 is 0. The van der Waals surface area contributed by atoms with Crippen LogP contribution < -0.4 is 10.5 Å². The molecule has 3 rings (SSSR count). The number of carbonyl (C=O) groups excluding carboxylic acids is 1. The van der Waals surface area contributed by atoms with Crippen molar-refractivity contribution < 1.29 is 22.7 Å². The fourth-order valence-electron chi connectivity index (χ4n) is 4.25. The molecule has 0 bridgehead atoms. The van der Waals surface area contributed by atoms with Crippen LogP contribution in [0, 0.1) is 12.8 Å². The lowest BCUT2D eigenvalue weighted by Crippen LogP contribution is -2.43. The molecule has 8 heteroatoms. The second kappa shape index (κ2) is 9.46. The molecule has 31 heavy (non-hydrogen) atoms. The minimum absolute atomic E-state index is 0.00234. The van der Waals surface area contributed by atoms with Crippen LogP contribution in [0.5, 0.6) is 5.75 Å². The average molecular weight is 453 g/mol. The summed E-state index contributed by atoms with van der Waals surface area (Å²) < 4.78 is 40.2. The van der Waals surface area contributed by atoms with Crippen molar-refractivity contribution in [2.75, 3.05) is 13.1 Å². The summed E-state index contributed by atoms with van der Waals surface area (Å²) in [4.78, 5) is 12.8. The number of esters is 1. The van der Waals surface area contributed by atoms with Crippen LogP contribution in [0.2, 0.25) is 0 Å². The van der Waals surface area contributed by atoms with Gasteiger partial charge in [-0.05, 0) is 96.4 Å². The van der Waals surface area contributed by atoms with Crippen molar-refractivity contribution in [1.82, 2.24) is 4.31 Å². The Balaban J connectivity index is 1.85. The molecule has 1 aromatic rings. The minimum Gasteiger partial charge on any atom is -0.489 e. The molecule has 3 atom stereocenters. The van der Waals surface area contributed by atoms with Gasteiger partial charge in [-0.1, -0.05) is 6.07 Å². The first-order valence-electron chi connectivity index (χ1n) is 11.2. The van der Waals surface area contributed by atoms with Gasteiger partial charge >= 0.3 is 5.97 Å². The summed E-state index contributed by atoms with van der Waals surface area (Å²) in [7, 11) is -3.91. The lowest BCUT2D eigenvalue weighted by Gasteiger charge is -2.37. The summed E-state index contributed by atoms with van der Waals surface area (Å²) in [5.74, 6) is 0.280. The Morgan fingerprint density at radius 2 is 1.97 bits per heavy atom. The van der Waals surface area contributed by atoms with Gasteiger partial charge in [0.2, 0.25) is 10.0 Å². The molecule has 0 radical (unpaired) electrons. The molecule has 0 spiro atoms. The number of aryl methyl sites for hydroxylation is 1. The van der Waals surface area contributed by atoms with Gasteiger partial charge in [-0.2, -0.15) is 4.31 Å². The number of benzene rings is 1. The summed E-state index contributed by atoms with van der Waals surface area (Å²) in [6.45, 7) is 8.20. The van der Waals surface area contributed by atoms with Gasteiger partial charge in [0.05, 0.1) is 0 Å². The number of ether oxygens (including phenoxy) is 2. The highest BCUT2D eigenvalue weighted by molar-refractivity contribution is 7.89. The highest BCUT2D eigenvalue weighted by atomic mass is 32.2. The number of sulfonamides is 1. The predicted molar refractivity (Wildman–Crippen MR) is 119 cm³/mol. The zero-order valence-corrected chi connectivity index (χ0v) is 19.9. The van der Waals surface area contributed by atoms with E-state index in [-0.39, 0.29) is 11.0 Å². The van der Waals surface area contributed by atoms with E-state index >= 15 is 0 Å². The maximum Gasteiger partial charge on any atom is 0.324 e. The van der Waals surface area contributed by atoms with Crippen LogP contribution in [0.1, 0.15) is 64.9 Å². The Bertz CT molecular complexity index is 894. The Morgan fingerprint density at radius 3 is 2.58 bits per heavy atom. The van der Waals surface area contributed by atoms with E-state index in [1.807, 2.05) is 6.92 Å². The molecule has 7 nitrogen and oxygen atoms in total. The molecular formula is C23H36N2O5S. The van der Waals surface area contributed by atoms with E-state index in [1.165, 1.54) is 4.31 Å². The van der Waals surface area contributed by atoms with Gasteiger partial charge in [0.25, 0.3) is 0 Å². The highest BCUT2D eigenvalue weighted by Gasteiger charge is 2.43. The molecule has 0 unspecified atom stereocenters. The van der Waals surface area contributed by atoms with Crippen LogP contribution in [0.15, 0.2) is 23.1 Å². The number of nitrogens with two attached hydrogens (primary N) is 1. The van der Waals surface area contributed by atoms with E-state index in [9.17, 15) is 13.2 Å². The van der Waals surface area contributed by atoms with Crippen LogP contribution >= 0.6 is 0 Å². The molecule has 2 N–H and O–H groups in total. The van der Waals surface area contributed by atoms with Crippen molar-refractivity contribution in [2.24, 2.45) is 11.7 Å². The van der Waals surface area contributed by atoms with Crippen LogP contribution in [0.3, 0.4) is 0 Å². The van der Waals surface area contributed by atoms with E-state index in [0.717, 1.165) is 31.2 Å². The third-order valence-corrected chi connectivity index (χ3v) is 7.92. The van der Waals surface area contributed by atoms with Gasteiger partial charge in [0.1, 0.15) is 28.4 Å². The van der Waals surface area contributed by atoms with Gasteiger partial charge < -0.3 is 15.2 Å². The Labute approximate surface area is 186 Å². The van der Waals surface area contributed by atoms with Crippen molar-refractivity contribution in [3.8, 4) is 5.75 Å². The molecule has 1 aliphatic heterocycles. The average Bonchev–Trinajstić information content (AvgIpc) is 3.15. The smallest absolute Gasteiger partial charge is 0.324 e. The third kappa shape index (κ3) is 5.59. The second-order valence-electron chi connectivity index (χ2n) is 9.68. The molecule has 1 saturated carbocycles. The highest BCUT2D eigenvalue weighted by Crippen LogP contribution is 2.39. The molecule has 1 aromatic carbocycles. The lowest BCUT2D eigenvalue weighted by atomic mass is 9.79. The first-order chi connectivity index (χ1) is 14.5. The van der Waals surface area contributed by atoms with Crippen LogP contribution in [0.25, 0.3) is 0 Å². The molecule has 1 heterocycles. The molecule has 0 aromatic heterocycles. The summed E-state index contributed by atoms with van der Waals surface area (Å²) in [6.07, 6.45) is 4.99. The number of carbonyl (C=O) groups is 1. The summed E-state index contributed by atoms with van der Waals surface area (Å²) in [5.41, 5.74) is 5.89. The van der Waals surface area contributed by atoms with E-state index in [2.05, 4.69) is 0 Å². The van der Waals surface area contributed by atoms with Gasteiger partial charge in [-0.3, -0.25) is 4.79 Å². The summed E-state index contributed by atoms with van der Waals surface area (Å²) in [5, 5.41) is 0. The largest absolute Gasteiger partial charge is 0.489 e. The molecule has 1 saturated heterocycles. The Hall–Kier alpha value is -1.64. The monoisotopic (exact) mass is 452 g/mol. The molecule has 174 valence electrons. The van der Waals surface area contributed by atoms with Crippen molar-refractivity contribution in [3.05, 3.63) is 23.8 Å². The van der Waals surface area contributed by atoms with Crippen LogP contribution in [-0.2, 0) is 19.6 Å². The fraction of sp³-hybridized carbons (Fsp3) is 0.696. The lowest BCUT2D eigenvalue weighted by molar-refractivity contribution is -0.158. The van der Waals surface area contributed by atoms with E-state index in [0.29, 0.717) is 37.6 Å². The number of hydrogen-bond acceptors (Lipinski definition) is 6. The van der Waals surface area contributed by atoms with Crippen LogP contribution in [-0.4, -0.2) is 49.5 Å². The molecular weight excluding hydrogens is 416 g/mol. The SMILES string of the molecule is Cc1ccc(S(=O)(=O)N2CCC[C@H]2C(=O)OC(C)(C)C)c(O[C@@H]2CC[C@@H]2CCCN)c1. The normalized spacial score (nSPS) is 24.6. The van der Waals surface area contributed by atoms with Gasteiger partial charge in [0, 0.05) is 6.54 Å². The number of rotatable bonds is 8. The first-order valence-corrected chi connectivity index (χ1v) is 12.7. The minimum atomic E-state index is -3.91. The topological polar surface area (TPSA) is 98.9 Å².